The number of hydrogen-bond acceptors (Lipinski definition) is 4. The molecular weight excluding hydrogens is 284 g/mol. The lowest BCUT2D eigenvalue weighted by molar-refractivity contribution is 0.554. The van der Waals surface area contributed by atoms with Crippen LogP contribution in [0.5, 0.6) is 0 Å². The second-order valence-electron chi connectivity index (χ2n) is 6.70. The van der Waals surface area contributed by atoms with Gasteiger partial charge in [-0.25, -0.2) is 15.8 Å². The second kappa shape index (κ2) is 13.5. The molecule has 0 unspecified atom stereocenters. The van der Waals surface area contributed by atoms with Gasteiger partial charge in [0.15, 0.2) is 0 Å². The molecular formula is C19H38N4. The molecule has 0 radical (unpaired) electrons. The minimum Gasteiger partial charge on any atom is -0.253 e. The van der Waals surface area contributed by atoms with Crippen molar-refractivity contribution in [3.05, 3.63) is 0 Å². The molecule has 4 nitrogen and oxygen atoms in total. The number of hydrogen-bond donors (Lipinski definition) is 1. The molecule has 0 aromatic heterocycles. The van der Waals surface area contributed by atoms with Crippen molar-refractivity contribution in [3.8, 4) is 0 Å². The topological polar surface area (TPSA) is 54.0 Å². The molecule has 0 saturated heterocycles. The van der Waals surface area contributed by atoms with E-state index in [2.05, 4.69) is 23.8 Å². The smallest absolute Gasteiger partial charge is 0.133 e. The van der Waals surface area contributed by atoms with Gasteiger partial charge >= 0.3 is 0 Å². The van der Waals surface area contributed by atoms with Gasteiger partial charge in [0.25, 0.3) is 0 Å². The maximum atomic E-state index is 6.22. The maximum Gasteiger partial charge on any atom is 0.133 e. The zero-order chi connectivity index (χ0) is 16.8. The summed E-state index contributed by atoms with van der Waals surface area (Å²) in [5.74, 6) is 8.30. The van der Waals surface area contributed by atoms with E-state index >= 15 is 0 Å². The van der Waals surface area contributed by atoms with Crippen LogP contribution in [0.4, 0.5) is 0 Å². The molecule has 0 fully saturated rings. The van der Waals surface area contributed by atoms with E-state index in [0.29, 0.717) is 6.67 Å². The normalized spacial score (nSPS) is 14.8. The Morgan fingerprint density at radius 1 is 0.696 bits per heavy atom. The summed E-state index contributed by atoms with van der Waals surface area (Å²) in [6.07, 6.45) is 17.7. The zero-order valence-corrected chi connectivity index (χ0v) is 15.5. The standard InChI is InChI=1S/C19H38N4/c1-3-5-7-9-11-13-15-18-21-17-22-19(23(18)20)16-14-12-10-8-6-4-2/h3-17,20H2,1-2H3. The van der Waals surface area contributed by atoms with E-state index in [0.717, 1.165) is 24.5 Å². The molecule has 0 atom stereocenters. The third-order valence-corrected chi connectivity index (χ3v) is 4.57. The highest BCUT2D eigenvalue weighted by atomic mass is 15.5. The Bertz CT molecular complexity index is 317. The Hall–Kier alpha value is -0.900. The number of amidine groups is 2. The van der Waals surface area contributed by atoms with E-state index in [1.807, 2.05) is 0 Å². The predicted molar refractivity (Wildman–Crippen MR) is 102 cm³/mol. The molecule has 1 aliphatic heterocycles. The molecule has 0 aromatic carbocycles. The Morgan fingerprint density at radius 2 is 1.09 bits per heavy atom. The summed E-state index contributed by atoms with van der Waals surface area (Å²) in [6, 6.07) is 0. The largest absolute Gasteiger partial charge is 0.253 e. The number of nitrogens with zero attached hydrogens (tertiary/aromatic N) is 3. The van der Waals surface area contributed by atoms with Crippen molar-refractivity contribution in [1.82, 2.24) is 5.01 Å². The lowest BCUT2D eigenvalue weighted by Gasteiger charge is -2.25. The van der Waals surface area contributed by atoms with Crippen molar-refractivity contribution in [2.45, 2.75) is 104 Å². The molecule has 4 heteroatoms. The van der Waals surface area contributed by atoms with Crippen molar-refractivity contribution < 1.29 is 0 Å². The van der Waals surface area contributed by atoms with Crippen LogP contribution in [0, 0.1) is 0 Å². The SMILES string of the molecule is CCCCCCCCC1=NCN=C(CCCCCCCC)N1N. The fourth-order valence-electron chi connectivity index (χ4n) is 3.03. The van der Waals surface area contributed by atoms with Crippen LogP contribution in [0.1, 0.15) is 104 Å². The van der Waals surface area contributed by atoms with Crippen molar-refractivity contribution in [2.75, 3.05) is 6.67 Å². The van der Waals surface area contributed by atoms with E-state index in [-0.39, 0.29) is 0 Å². The van der Waals surface area contributed by atoms with E-state index in [1.165, 1.54) is 77.0 Å². The van der Waals surface area contributed by atoms with Crippen LogP contribution in [0.25, 0.3) is 0 Å². The molecule has 134 valence electrons. The van der Waals surface area contributed by atoms with Gasteiger partial charge in [-0.15, -0.1) is 0 Å². The molecule has 0 aliphatic carbocycles. The summed E-state index contributed by atoms with van der Waals surface area (Å²) < 4.78 is 0. The van der Waals surface area contributed by atoms with Gasteiger partial charge in [0.05, 0.1) is 0 Å². The second-order valence-corrected chi connectivity index (χ2v) is 6.70. The van der Waals surface area contributed by atoms with Gasteiger partial charge in [-0.05, 0) is 12.8 Å². The van der Waals surface area contributed by atoms with Crippen LogP contribution in [0.15, 0.2) is 9.98 Å². The summed E-state index contributed by atoms with van der Waals surface area (Å²) in [7, 11) is 0. The van der Waals surface area contributed by atoms with E-state index in [4.69, 9.17) is 5.84 Å². The lowest BCUT2D eigenvalue weighted by Crippen LogP contribution is -2.44. The Morgan fingerprint density at radius 3 is 1.52 bits per heavy atom. The minimum absolute atomic E-state index is 0.573. The number of nitrogens with two attached hydrogens (primary N) is 1. The molecule has 1 heterocycles. The Kier molecular flexibility index (Phi) is 11.9. The molecule has 0 aromatic rings. The van der Waals surface area contributed by atoms with Crippen molar-refractivity contribution in [1.29, 1.82) is 0 Å². The van der Waals surface area contributed by atoms with Gasteiger partial charge < -0.3 is 0 Å². The highest BCUT2D eigenvalue weighted by Crippen LogP contribution is 2.13. The summed E-state index contributed by atoms with van der Waals surface area (Å²) in [4.78, 5) is 8.99. The van der Waals surface area contributed by atoms with Crippen LogP contribution < -0.4 is 5.84 Å². The summed E-state index contributed by atoms with van der Waals surface area (Å²) in [5.41, 5.74) is 0. The van der Waals surface area contributed by atoms with Crippen LogP contribution in [0.3, 0.4) is 0 Å². The zero-order valence-electron chi connectivity index (χ0n) is 15.5. The monoisotopic (exact) mass is 322 g/mol. The highest BCUT2D eigenvalue weighted by Gasteiger charge is 2.16. The highest BCUT2D eigenvalue weighted by molar-refractivity contribution is 6.01. The molecule has 2 N–H and O–H groups in total. The molecule has 23 heavy (non-hydrogen) atoms. The van der Waals surface area contributed by atoms with Crippen molar-refractivity contribution in [3.63, 3.8) is 0 Å². The predicted octanol–water partition coefficient (Wildman–Crippen LogP) is 5.43. The quantitative estimate of drug-likeness (QED) is 0.342. The van der Waals surface area contributed by atoms with Crippen LogP contribution in [0.2, 0.25) is 0 Å². The Labute approximate surface area is 143 Å². The maximum absolute atomic E-state index is 6.22. The van der Waals surface area contributed by atoms with Gasteiger partial charge in [-0.1, -0.05) is 78.1 Å². The first-order valence-corrected chi connectivity index (χ1v) is 9.91. The van der Waals surface area contributed by atoms with Crippen LogP contribution >= 0.6 is 0 Å². The molecule has 0 saturated carbocycles. The Balaban J connectivity index is 2.14. The van der Waals surface area contributed by atoms with Crippen LogP contribution in [-0.2, 0) is 0 Å². The number of hydrazine groups is 1. The minimum atomic E-state index is 0.573. The summed E-state index contributed by atoms with van der Waals surface area (Å²) in [5, 5.41) is 1.77. The first-order chi connectivity index (χ1) is 11.3. The van der Waals surface area contributed by atoms with Gasteiger partial charge in [-0.3, -0.25) is 5.01 Å². The van der Waals surface area contributed by atoms with Crippen molar-refractivity contribution >= 4 is 11.7 Å². The number of aliphatic imine (C=N–C) groups is 2. The van der Waals surface area contributed by atoms with Gasteiger partial charge in [-0.2, -0.15) is 0 Å². The van der Waals surface area contributed by atoms with Crippen LogP contribution in [-0.4, -0.2) is 23.3 Å². The molecule has 0 bridgehead atoms. The number of rotatable bonds is 14. The third kappa shape index (κ3) is 9.09. The van der Waals surface area contributed by atoms with Gasteiger partial charge in [0.1, 0.15) is 18.3 Å². The fourth-order valence-corrected chi connectivity index (χ4v) is 3.03. The van der Waals surface area contributed by atoms with Crippen molar-refractivity contribution in [2.24, 2.45) is 15.8 Å². The summed E-state index contributed by atoms with van der Waals surface area (Å²) in [6.45, 7) is 5.09. The first kappa shape index (κ1) is 20.1. The van der Waals surface area contributed by atoms with Gasteiger partial charge in [0.2, 0.25) is 0 Å². The average Bonchev–Trinajstić information content (AvgIpc) is 2.56. The van der Waals surface area contributed by atoms with Gasteiger partial charge in [0, 0.05) is 12.8 Å². The number of unbranched alkanes of at least 4 members (excludes halogenated alkanes) is 10. The molecule has 1 aliphatic rings. The third-order valence-electron chi connectivity index (χ3n) is 4.57. The average molecular weight is 323 g/mol. The molecule has 0 amide bonds. The fraction of sp³-hybridized carbons (Fsp3) is 0.895. The van der Waals surface area contributed by atoms with E-state index < -0.39 is 0 Å². The van der Waals surface area contributed by atoms with E-state index in [1.54, 1.807) is 5.01 Å². The molecule has 0 spiro atoms. The first-order valence-electron chi connectivity index (χ1n) is 9.91. The molecule has 1 rings (SSSR count). The summed E-state index contributed by atoms with van der Waals surface area (Å²) >= 11 is 0. The lowest BCUT2D eigenvalue weighted by atomic mass is 10.1. The van der Waals surface area contributed by atoms with E-state index in [9.17, 15) is 0 Å².